The molecule has 9 nitrogen and oxygen atoms in total. The Balaban J connectivity index is 1.91. The minimum atomic E-state index is -3.77. The minimum Gasteiger partial charge on any atom is -0.495 e. The molecule has 1 amide bonds. The number of benzene rings is 2. The molecule has 3 rings (SSSR count). The van der Waals surface area contributed by atoms with Crippen molar-refractivity contribution >= 4 is 37.3 Å². The van der Waals surface area contributed by atoms with Crippen LogP contribution in [0.15, 0.2) is 41.3 Å². The summed E-state index contributed by atoms with van der Waals surface area (Å²) in [6.07, 6.45) is 2.65. The molecule has 1 aliphatic heterocycles. The standard InChI is InChI=1S/C22H29N3O6S2/c1-16-8-7-9-17(2)22(16)25(32(4,27)28)15-21(26)23-19-14-18(10-11-20(19)31-3)33(29,30)24-12-5-6-13-24/h7-11,14H,5-6,12-13,15H2,1-4H3,(H,23,26). The third-order valence-electron chi connectivity index (χ3n) is 5.52. The van der Waals surface area contributed by atoms with E-state index in [1.54, 1.807) is 26.0 Å². The molecule has 1 aliphatic rings. The van der Waals surface area contributed by atoms with E-state index in [4.69, 9.17) is 4.74 Å². The zero-order chi connectivity index (χ0) is 24.4. The van der Waals surface area contributed by atoms with Crippen LogP contribution >= 0.6 is 0 Å². The van der Waals surface area contributed by atoms with Crippen LogP contribution in [-0.2, 0) is 24.8 Å². The van der Waals surface area contributed by atoms with E-state index in [0.29, 0.717) is 29.9 Å². The van der Waals surface area contributed by atoms with Crippen molar-refractivity contribution in [3.63, 3.8) is 0 Å². The summed E-state index contributed by atoms with van der Waals surface area (Å²) in [5.41, 5.74) is 2.01. The summed E-state index contributed by atoms with van der Waals surface area (Å²) in [6.45, 7) is 3.98. The van der Waals surface area contributed by atoms with Crippen molar-refractivity contribution in [2.75, 3.05) is 42.6 Å². The van der Waals surface area contributed by atoms with Gasteiger partial charge in [-0.05, 0) is 56.0 Å². The molecule has 180 valence electrons. The van der Waals surface area contributed by atoms with Gasteiger partial charge >= 0.3 is 0 Å². The van der Waals surface area contributed by atoms with Gasteiger partial charge in [0, 0.05) is 13.1 Å². The van der Waals surface area contributed by atoms with Gasteiger partial charge in [0.15, 0.2) is 0 Å². The Kier molecular flexibility index (Phi) is 7.35. The van der Waals surface area contributed by atoms with Crippen LogP contribution in [0.4, 0.5) is 11.4 Å². The highest BCUT2D eigenvalue weighted by molar-refractivity contribution is 7.92. The number of nitrogens with zero attached hydrogens (tertiary/aromatic N) is 2. The molecule has 0 spiro atoms. The number of rotatable bonds is 8. The van der Waals surface area contributed by atoms with Crippen LogP contribution in [0.5, 0.6) is 5.75 Å². The molecule has 1 N–H and O–H groups in total. The molecule has 0 atom stereocenters. The lowest BCUT2D eigenvalue weighted by Crippen LogP contribution is -2.38. The number of para-hydroxylation sites is 1. The summed E-state index contributed by atoms with van der Waals surface area (Å²) in [5.74, 6) is -0.362. The topological polar surface area (TPSA) is 113 Å². The number of anilines is 2. The second-order valence-electron chi connectivity index (χ2n) is 8.03. The number of hydrogen-bond acceptors (Lipinski definition) is 6. The van der Waals surface area contributed by atoms with Crippen molar-refractivity contribution in [1.29, 1.82) is 0 Å². The molecule has 0 aliphatic carbocycles. The Bertz CT molecular complexity index is 1230. The van der Waals surface area contributed by atoms with Gasteiger partial charge in [0.1, 0.15) is 12.3 Å². The van der Waals surface area contributed by atoms with Gasteiger partial charge in [-0.15, -0.1) is 0 Å². The average Bonchev–Trinajstić information content (AvgIpc) is 3.28. The highest BCUT2D eigenvalue weighted by Gasteiger charge is 2.29. The molecule has 0 unspecified atom stereocenters. The predicted octanol–water partition coefficient (Wildman–Crippen LogP) is 2.50. The summed E-state index contributed by atoms with van der Waals surface area (Å²) in [5, 5.41) is 2.62. The summed E-state index contributed by atoms with van der Waals surface area (Å²) >= 11 is 0. The second-order valence-corrected chi connectivity index (χ2v) is 11.9. The molecule has 0 bridgehead atoms. The van der Waals surface area contributed by atoms with Gasteiger partial charge in [-0.3, -0.25) is 9.10 Å². The summed E-state index contributed by atoms with van der Waals surface area (Å²) in [6, 6.07) is 9.60. The Morgan fingerprint density at radius 1 is 1.06 bits per heavy atom. The van der Waals surface area contributed by atoms with Gasteiger partial charge in [0.25, 0.3) is 0 Å². The molecule has 33 heavy (non-hydrogen) atoms. The first-order chi connectivity index (χ1) is 15.4. The maximum atomic E-state index is 12.9. The first kappa shape index (κ1) is 25.0. The van der Waals surface area contributed by atoms with Crippen molar-refractivity contribution in [1.82, 2.24) is 4.31 Å². The number of aryl methyl sites for hydroxylation is 2. The maximum Gasteiger partial charge on any atom is 0.245 e. The normalized spacial score (nSPS) is 14.8. The zero-order valence-electron chi connectivity index (χ0n) is 19.2. The quantitative estimate of drug-likeness (QED) is 0.602. The molecule has 1 saturated heterocycles. The molecule has 1 fully saturated rings. The van der Waals surface area contributed by atoms with Gasteiger partial charge in [-0.1, -0.05) is 18.2 Å². The Hall–Kier alpha value is -2.63. The van der Waals surface area contributed by atoms with E-state index in [1.165, 1.54) is 29.6 Å². The van der Waals surface area contributed by atoms with E-state index in [2.05, 4.69) is 5.32 Å². The number of methoxy groups -OCH3 is 1. The highest BCUT2D eigenvalue weighted by Crippen LogP contribution is 2.31. The Labute approximate surface area is 195 Å². The highest BCUT2D eigenvalue weighted by atomic mass is 32.2. The number of ether oxygens (including phenoxy) is 1. The first-order valence-corrected chi connectivity index (χ1v) is 13.8. The van der Waals surface area contributed by atoms with E-state index < -0.39 is 32.5 Å². The van der Waals surface area contributed by atoms with Crippen LogP contribution in [0.2, 0.25) is 0 Å². The minimum absolute atomic E-state index is 0.0372. The van der Waals surface area contributed by atoms with Crippen LogP contribution in [0.1, 0.15) is 24.0 Å². The lowest BCUT2D eigenvalue weighted by Gasteiger charge is -2.25. The van der Waals surface area contributed by atoms with Crippen molar-refractivity contribution < 1.29 is 26.4 Å². The van der Waals surface area contributed by atoms with Gasteiger partial charge in [-0.25, -0.2) is 16.8 Å². The maximum absolute atomic E-state index is 12.9. The molecule has 11 heteroatoms. The summed E-state index contributed by atoms with van der Waals surface area (Å²) < 4.78 is 58.6. The van der Waals surface area contributed by atoms with Gasteiger partial charge < -0.3 is 10.1 Å². The molecule has 2 aromatic carbocycles. The SMILES string of the molecule is COc1ccc(S(=O)(=O)N2CCCC2)cc1NC(=O)CN(c1c(C)cccc1C)S(C)(=O)=O. The summed E-state index contributed by atoms with van der Waals surface area (Å²) in [7, 11) is -6.07. The van der Waals surface area contributed by atoms with E-state index in [0.717, 1.165) is 23.4 Å². The number of carbonyl (C=O) groups is 1. The molecular formula is C22H29N3O6S2. The molecule has 2 aromatic rings. The number of carbonyl (C=O) groups excluding carboxylic acids is 1. The third kappa shape index (κ3) is 5.48. The van der Waals surface area contributed by atoms with Crippen LogP contribution in [0, 0.1) is 13.8 Å². The molecule has 1 heterocycles. The van der Waals surface area contributed by atoms with Gasteiger partial charge in [0.05, 0.1) is 29.6 Å². The first-order valence-electron chi connectivity index (χ1n) is 10.5. The van der Waals surface area contributed by atoms with Gasteiger partial charge in [-0.2, -0.15) is 4.31 Å². The van der Waals surface area contributed by atoms with Crippen molar-refractivity contribution in [3.8, 4) is 5.75 Å². The van der Waals surface area contributed by atoms with Crippen LogP contribution < -0.4 is 14.4 Å². The van der Waals surface area contributed by atoms with Crippen LogP contribution in [-0.4, -0.2) is 60.0 Å². The fourth-order valence-electron chi connectivity index (χ4n) is 3.90. The zero-order valence-corrected chi connectivity index (χ0v) is 20.8. The fourth-order valence-corrected chi connectivity index (χ4v) is 6.42. The number of nitrogens with one attached hydrogen (secondary N) is 1. The van der Waals surface area contributed by atoms with E-state index in [-0.39, 0.29) is 16.3 Å². The smallest absolute Gasteiger partial charge is 0.245 e. The molecule has 0 saturated carbocycles. The van der Waals surface area contributed by atoms with E-state index in [9.17, 15) is 21.6 Å². The summed E-state index contributed by atoms with van der Waals surface area (Å²) in [4.78, 5) is 13.0. The lowest BCUT2D eigenvalue weighted by atomic mass is 10.1. The van der Waals surface area contributed by atoms with Crippen molar-refractivity contribution in [2.45, 2.75) is 31.6 Å². The van der Waals surface area contributed by atoms with E-state index >= 15 is 0 Å². The van der Waals surface area contributed by atoms with Crippen molar-refractivity contribution in [3.05, 3.63) is 47.5 Å². The third-order valence-corrected chi connectivity index (χ3v) is 8.53. The Morgan fingerprint density at radius 2 is 1.67 bits per heavy atom. The van der Waals surface area contributed by atoms with E-state index in [1.807, 2.05) is 6.07 Å². The number of amides is 1. The largest absolute Gasteiger partial charge is 0.495 e. The number of hydrogen-bond donors (Lipinski definition) is 1. The number of sulfonamides is 2. The Morgan fingerprint density at radius 3 is 2.21 bits per heavy atom. The molecular weight excluding hydrogens is 466 g/mol. The second kappa shape index (κ2) is 9.70. The predicted molar refractivity (Wildman–Crippen MR) is 128 cm³/mol. The van der Waals surface area contributed by atoms with Crippen molar-refractivity contribution in [2.24, 2.45) is 0 Å². The average molecular weight is 496 g/mol. The van der Waals surface area contributed by atoms with Gasteiger partial charge in [0.2, 0.25) is 26.0 Å². The van der Waals surface area contributed by atoms with Crippen LogP contribution in [0.3, 0.4) is 0 Å². The molecule has 0 radical (unpaired) electrons. The lowest BCUT2D eigenvalue weighted by molar-refractivity contribution is -0.114. The fraction of sp³-hybridized carbons (Fsp3) is 0.409. The monoisotopic (exact) mass is 495 g/mol. The van der Waals surface area contributed by atoms with Crippen LogP contribution in [0.25, 0.3) is 0 Å². The molecule has 0 aromatic heterocycles.